The molecular formula is C28H27NO6. The molecule has 0 spiro atoms. The molecular weight excluding hydrogens is 446 g/mol. The van der Waals surface area contributed by atoms with E-state index >= 15 is 0 Å². The summed E-state index contributed by atoms with van der Waals surface area (Å²) in [5.74, 6) is 2.71. The van der Waals surface area contributed by atoms with Gasteiger partial charge in [0.1, 0.15) is 23.8 Å². The first kappa shape index (κ1) is 22.8. The molecule has 0 fully saturated rings. The Kier molecular flexibility index (Phi) is 6.09. The lowest BCUT2D eigenvalue weighted by Crippen LogP contribution is -2.31. The van der Waals surface area contributed by atoms with Crippen LogP contribution in [0.2, 0.25) is 0 Å². The van der Waals surface area contributed by atoms with E-state index in [0.29, 0.717) is 48.0 Å². The van der Waals surface area contributed by atoms with E-state index in [-0.39, 0.29) is 0 Å². The van der Waals surface area contributed by atoms with Gasteiger partial charge in [0.15, 0.2) is 11.5 Å². The molecule has 0 aliphatic carbocycles. The predicted octanol–water partition coefficient (Wildman–Crippen LogP) is 5.15. The van der Waals surface area contributed by atoms with Crippen molar-refractivity contribution in [2.75, 3.05) is 28.1 Å². The standard InChI is InChI=1S/C28H27NO6/c1-17-21-10-12-23-22(15-29(16-34-23)14-18-5-8-20(31-2)9-6-18)27(21)35-28(30)26(17)19-7-11-24(32-3)25(13-19)33-4/h5-13H,14-16H2,1-4H3. The molecule has 2 heterocycles. The highest BCUT2D eigenvalue weighted by atomic mass is 16.5. The summed E-state index contributed by atoms with van der Waals surface area (Å²) in [5, 5.41) is 0.878. The highest BCUT2D eigenvalue weighted by Gasteiger charge is 2.24. The zero-order chi connectivity index (χ0) is 24.5. The summed E-state index contributed by atoms with van der Waals surface area (Å²) >= 11 is 0. The molecule has 0 atom stereocenters. The highest BCUT2D eigenvalue weighted by molar-refractivity contribution is 5.90. The van der Waals surface area contributed by atoms with Crippen molar-refractivity contribution in [1.82, 2.24) is 4.90 Å². The van der Waals surface area contributed by atoms with Gasteiger partial charge in [0.25, 0.3) is 0 Å². The lowest BCUT2D eigenvalue weighted by atomic mass is 9.97. The maximum Gasteiger partial charge on any atom is 0.344 e. The first-order valence-electron chi connectivity index (χ1n) is 11.3. The quantitative estimate of drug-likeness (QED) is 0.359. The molecule has 1 aromatic heterocycles. The molecule has 7 heteroatoms. The minimum Gasteiger partial charge on any atom is -0.497 e. The summed E-state index contributed by atoms with van der Waals surface area (Å²) in [6.45, 7) is 3.71. The van der Waals surface area contributed by atoms with Crippen LogP contribution in [0.5, 0.6) is 23.0 Å². The fourth-order valence-electron chi connectivity index (χ4n) is 4.58. The second-order valence-electron chi connectivity index (χ2n) is 8.49. The van der Waals surface area contributed by atoms with Crippen molar-refractivity contribution < 1.29 is 23.4 Å². The third-order valence-corrected chi connectivity index (χ3v) is 6.42. The van der Waals surface area contributed by atoms with E-state index in [9.17, 15) is 4.79 Å². The van der Waals surface area contributed by atoms with Gasteiger partial charge in [0, 0.05) is 18.5 Å². The normalized spacial score (nSPS) is 13.3. The Hall–Kier alpha value is -3.97. The number of hydrogen-bond donors (Lipinski definition) is 0. The molecule has 5 rings (SSSR count). The van der Waals surface area contributed by atoms with Gasteiger partial charge in [-0.1, -0.05) is 18.2 Å². The van der Waals surface area contributed by atoms with Gasteiger partial charge in [0.2, 0.25) is 0 Å². The Balaban J connectivity index is 1.52. The fraction of sp³-hybridized carbons (Fsp3) is 0.250. The van der Waals surface area contributed by atoms with E-state index in [1.54, 1.807) is 33.5 Å². The summed E-state index contributed by atoms with van der Waals surface area (Å²) in [6, 6.07) is 17.3. The van der Waals surface area contributed by atoms with Crippen molar-refractivity contribution in [2.24, 2.45) is 0 Å². The van der Waals surface area contributed by atoms with Crippen molar-refractivity contribution in [2.45, 2.75) is 20.0 Å². The number of fused-ring (bicyclic) bond motifs is 3. The molecule has 1 aliphatic rings. The van der Waals surface area contributed by atoms with Crippen molar-refractivity contribution in [1.29, 1.82) is 0 Å². The van der Waals surface area contributed by atoms with Crippen molar-refractivity contribution in [3.05, 3.63) is 81.7 Å². The minimum absolute atomic E-state index is 0.400. The van der Waals surface area contributed by atoms with E-state index in [1.807, 2.05) is 49.4 Å². The number of methoxy groups -OCH3 is 3. The number of ether oxygens (including phenoxy) is 4. The fourth-order valence-corrected chi connectivity index (χ4v) is 4.58. The maximum atomic E-state index is 13.2. The summed E-state index contributed by atoms with van der Waals surface area (Å²) in [5.41, 5.74) is 4.25. The van der Waals surface area contributed by atoms with Crippen LogP contribution in [0.1, 0.15) is 16.7 Å². The van der Waals surface area contributed by atoms with Crippen LogP contribution >= 0.6 is 0 Å². The predicted molar refractivity (Wildman–Crippen MR) is 133 cm³/mol. The molecule has 35 heavy (non-hydrogen) atoms. The molecule has 7 nitrogen and oxygen atoms in total. The van der Waals surface area contributed by atoms with E-state index in [0.717, 1.165) is 33.6 Å². The minimum atomic E-state index is -0.400. The number of benzene rings is 3. The largest absolute Gasteiger partial charge is 0.497 e. The lowest BCUT2D eigenvalue weighted by molar-refractivity contribution is 0.0889. The van der Waals surface area contributed by atoms with Crippen molar-refractivity contribution >= 4 is 11.0 Å². The molecule has 0 bridgehead atoms. The molecule has 0 saturated carbocycles. The molecule has 1 aliphatic heterocycles. The molecule has 0 amide bonds. The average Bonchev–Trinajstić information content (AvgIpc) is 2.89. The van der Waals surface area contributed by atoms with Crippen LogP contribution in [-0.2, 0) is 13.1 Å². The Bertz CT molecular complexity index is 1440. The van der Waals surface area contributed by atoms with Gasteiger partial charge in [0.05, 0.1) is 32.5 Å². The van der Waals surface area contributed by atoms with Crippen LogP contribution in [0, 0.1) is 6.92 Å². The first-order valence-corrected chi connectivity index (χ1v) is 11.3. The second-order valence-corrected chi connectivity index (χ2v) is 8.49. The third kappa shape index (κ3) is 4.19. The number of hydrogen-bond acceptors (Lipinski definition) is 7. The van der Waals surface area contributed by atoms with Gasteiger partial charge < -0.3 is 23.4 Å². The van der Waals surface area contributed by atoms with E-state index in [2.05, 4.69) is 4.90 Å². The summed E-state index contributed by atoms with van der Waals surface area (Å²) in [6.07, 6.45) is 0. The SMILES string of the molecule is COc1ccc(CN2COc3ccc4c(C)c(-c5ccc(OC)c(OC)c5)c(=O)oc4c3C2)cc1. The van der Waals surface area contributed by atoms with Gasteiger partial charge in [-0.05, 0) is 60.0 Å². The average molecular weight is 474 g/mol. The third-order valence-electron chi connectivity index (χ3n) is 6.42. The van der Waals surface area contributed by atoms with Gasteiger partial charge in [-0.15, -0.1) is 0 Å². The molecule has 4 aromatic rings. The number of aryl methyl sites for hydroxylation is 1. The molecule has 0 N–H and O–H groups in total. The van der Waals surface area contributed by atoms with Crippen LogP contribution in [0.25, 0.3) is 22.1 Å². The van der Waals surface area contributed by atoms with Gasteiger partial charge in [-0.3, -0.25) is 4.90 Å². The van der Waals surface area contributed by atoms with E-state index < -0.39 is 5.63 Å². The van der Waals surface area contributed by atoms with Crippen LogP contribution in [0.15, 0.2) is 63.8 Å². The molecule has 180 valence electrons. The monoisotopic (exact) mass is 473 g/mol. The van der Waals surface area contributed by atoms with E-state index in [4.69, 9.17) is 23.4 Å². The maximum absolute atomic E-state index is 13.2. The smallest absolute Gasteiger partial charge is 0.344 e. The van der Waals surface area contributed by atoms with Crippen LogP contribution in [-0.4, -0.2) is 33.0 Å². The number of rotatable bonds is 6. The van der Waals surface area contributed by atoms with Crippen LogP contribution in [0.4, 0.5) is 0 Å². The summed E-state index contributed by atoms with van der Waals surface area (Å²) < 4.78 is 28.0. The summed E-state index contributed by atoms with van der Waals surface area (Å²) in [7, 11) is 4.81. The highest BCUT2D eigenvalue weighted by Crippen LogP contribution is 2.37. The zero-order valence-corrected chi connectivity index (χ0v) is 20.2. The van der Waals surface area contributed by atoms with E-state index in [1.165, 1.54) is 0 Å². The number of nitrogens with zero attached hydrogens (tertiary/aromatic N) is 1. The summed E-state index contributed by atoms with van der Waals surface area (Å²) in [4.78, 5) is 15.4. The van der Waals surface area contributed by atoms with Gasteiger partial charge in [-0.2, -0.15) is 0 Å². The second kappa shape index (κ2) is 9.35. The topological polar surface area (TPSA) is 70.4 Å². The van der Waals surface area contributed by atoms with Crippen LogP contribution in [0.3, 0.4) is 0 Å². The Morgan fingerprint density at radius 2 is 1.69 bits per heavy atom. The molecule has 0 radical (unpaired) electrons. The van der Waals surface area contributed by atoms with Crippen molar-refractivity contribution in [3.63, 3.8) is 0 Å². The Morgan fingerprint density at radius 1 is 0.914 bits per heavy atom. The first-order chi connectivity index (χ1) is 17.0. The Morgan fingerprint density at radius 3 is 2.40 bits per heavy atom. The van der Waals surface area contributed by atoms with Gasteiger partial charge in [-0.25, -0.2) is 4.79 Å². The lowest BCUT2D eigenvalue weighted by Gasteiger charge is -2.29. The molecule has 0 unspecified atom stereocenters. The van der Waals surface area contributed by atoms with Crippen molar-refractivity contribution in [3.8, 4) is 34.1 Å². The van der Waals surface area contributed by atoms with Crippen LogP contribution < -0.4 is 24.6 Å². The van der Waals surface area contributed by atoms with Gasteiger partial charge >= 0.3 is 5.63 Å². The zero-order valence-electron chi connectivity index (χ0n) is 20.2. The Labute approximate surface area is 203 Å². The molecule has 3 aromatic carbocycles. The molecule has 0 saturated heterocycles.